The second-order valence-corrected chi connectivity index (χ2v) is 7.59. The molecule has 0 aliphatic heterocycles. The van der Waals surface area contributed by atoms with Gasteiger partial charge in [0.2, 0.25) is 0 Å². The number of hydrogen-bond acceptors (Lipinski definition) is 2. The highest BCUT2D eigenvalue weighted by Gasteiger charge is 2.19. The average Bonchev–Trinajstić information content (AvgIpc) is 3.27. The summed E-state index contributed by atoms with van der Waals surface area (Å²) in [4.78, 5) is 12.2. The van der Waals surface area contributed by atoms with Crippen LogP contribution >= 0.6 is 0 Å². The molecule has 1 fully saturated rings. The first-order valence-electron chi connectivity index (χ1n) is 8.44. The average molecular weight is 312 g/mol. The van der Waals surface area contributed by atoms with Gasteiger partial charge in [-0.1, -0.05) is 43.4 Å². The number of rotatable bonds is 6. The molecule has 0 radical (unpaired) electrons. The number of allylic oxidation sites excluding steroid dienone is 3. The van der Waals surface area contributed by atoms with Gasteiger partial charge >= 0.3 is 5.97 Å². The van der Waals surface area contributed by atoms with Gasteiger partial charge < -0.3 is 4.74 Å². The number of carbonyl (C=O) groups excluding carboxylic acids is 1. The van der Waals surface area contributed by atoms with Crippen LogP contribution in [0.1, 0.15) is 68.8 Å². The van der Waals surface area contributed by atoms with Crippen LogP contribution in [0.5, 0.6) is 0 Å². The lowest BCUT2D eigenvalue weighted by Gasteiger charge is -2.20. The molecule has 0 heterocycles. The second kappa shape index (κ2) is 7.16. The Balaban J connectivity index is 2.00. The zero-order valence-corrected chi connectivity index (χ0v) is 14.8. The van der Waals surface area contributed by atoms with E-state index in [2.05, 4.69) is 31.7 Å². The van der Waals surface area contributed by atoms with Crippen LogP contribution in [0.25, 0.3) is 0 Å². The molecule has 1 saturated carbocycles. The third kappa shape index (κ3) is 6.05. The summed E-state index contributed by atoms with van der Waals surface area (Å²) in [6, 6.07) is 7.74. The minimum atomic E-state index is -0.472. The van der Waals surface area contributed by atoms with Crippen molar-refractivity contribution in [2.75, 3.05) is 0 Å². The van der Waals surface area contributed by atoms with E-state index in [0.29, 0.717) is 11.5 Å². The van der Waals surface area contributed by atoms with Gasteiger partial charge in [0.1, 0.15) is 5.60 Å². The van der Waals surface area contributed by atoms with Crippen LogP contribution in [0.3, 0.4) is 0 Å². The van der Waals surface area contributed by atoms with E-state index in [0.717, 1.165) is 23.5 Å². The summed E-state index contributed by atoms with van der Waals surface area (Å²) in [7, 11) is 0. The minimum Gasteiger partial charge on any atom is -0.456 e. The zero-order chi connectivity index (χ0) is 17.0. The molecule has 0 bridgehead atoms. The van der Waals surface area contributed by atoms with Crippen LogP contribution in [-0.2, 0) is 4.74 Å². The standard InChI is InChI=1S/C21H28O2/c1-15(9-10-17-11-12-17)13-16(2)18-7-6-8-19(14-18)20(22)23-21(3,4)5/h6-10,14,16-17H,1,11-13H2,2-5H3/b10-9+/t16-/m1/s1. The first-order valence-corrected chi connectivity index (χ1v) is 8.44. The lowest BCUT2D eigenvalue weighted by atomic mass is 9.92. The predicted molar refractivity (Wildman–Crippen MR) is 95.6 cm³/mol. The topological polar surface area (TPSA) is 26.3 Å². The highest BCUT2D eigenvalue weighted by atomic mass is 16.6. The van der Waals surface area contributed by atoms with E-state index in [4.69, 9.17) is 4.74 Å². The molecule has 2 nitrogen and oxygen atoms in total. The lowest BCUT2D eigenvalue weighted by molar-refractivity contribution is 0.00694. The second-order valence-electron chi connectivity index (χ2n) is 7.59. The molecular formula is C21H28O2. The van der Waals surface area contributed by atoms with Crippen molar-refractivity contribution in [3.63, 3.8) is 0 Å². The maximum atomic E-state index is 12.2. The Kier molecular flexibility index (Phi) is 5.46. The van der Waals surface area contributed by atoms with Crippen molar-refractivity contribution in [2.45, 2.75) is 58.5 Å². The molecule has 0 aromatic heterocycles. The molecule has 2 heteroatoms. The van der Waals surface area contributed by atoms with Crippen molar-refractivity contribution < 1.29 is 9.53 Å². The SMILES string of the molecule is C=C(/C=C/C1CC1)C[C@@H](C)c1cccc(C(=O)OC(C)(C)C)c1. The van der Waals surface area contributed by atoms with Crippen LogP contribution in [-0.4, -0.2) is 11.6 Å². The van der Waals surface area contributed by atoms with Gasteiger partial charge in [0, 0.05) is 0 Å². The van der Waals surface area contributed by atoms with Crippen LogP contribution in [0.2, 0.25) is 0 Å². The van der Waals surface area contributed by atoms with Crippen molar-refractivity contribution >= 4 is 5.97 Å². The molecule has 1 aliphatic rings. The van der Waals surface area contributed by atoms with Crippen LogP contribution in [0.4, 0.5) is 0 Å². The molecule has 0 unspecified atom stereocenters. The first-order chi connectivity index (χ1) is 10.7. The largest absolute Gasteiger partial charge is 0.456 e. The highest BCUT2D eigenvalue weighted by molar-refractivity contribution is 5.89. The van der Waals surface area contributed by atoms with Gasteiger partial charge in [-0.25, -0.2) is 4.79 Å². The van der Waals surface area contributed by atoms with Crippen molar-refractivity contribution in [3.05, 3.63) is 59.7 Å². The number of ether oxygens (including phenoxy) is 1. The fraction of sp³-hybridized carbons (Fsp3) is 0.476. The van der Waals surface area contributed by atoms with Crippen LogP contribution < -0.4 is 0 Å². The molecule has 1 aliphatic carbocycles. The van der Waals surface area contributed by atoms with Gasteiger partial charge in [-0.05, 0) is 69.6 Å². The Morgan fingerprint density at radius 3 is 2.70 bits per heavy atom. The molecule has 0 N–H and O–H groups in total. The molecule has 1 aromatic carbocycles. The normalized spacial score (nSPS) is 16.3. The maximum absolute atomic E-state index is 12.2. The lowest BCUT2D eigenvalue weighted by Crippen LogP contribution is -2.23. The van der Waals surface area contributed by atoms with E-state index in [-0.39, 0.29) is 5.97 Å². The van der Waals surface area contributed by atoms with Crippen molar-refractivity contribution in [3.8, 4) is 0 Å². The summed E-state index contributed by atoms with van der Waals surface area (Å²) >= 11 is 0. The molecule has 1 aromatic rings. The quantitative estimate of drug-likeness (QED) is 0.500. The van der Waals surface area contributed by atoms with E-state index in [9.17, 15) is 4.79 Å². The van der Waals surface area contributed by atoms with E-state index in [1.54, 1.807) is 0 Å². The minimum absolute atomic E-state index is 0.265. The van der Waals surface area contributed by atoms with Gasteiger partial charge in [0.05, 0.1) is 5.56 Å². The molecule has 0 spiro atoms. The van der Waals surface area contributed by atoms with Gasteiger partial charge in [-0.3, -0.25) is 0 Å². The first kappa shape index (κ1) is 17.5. The van der Waals surface area contributed by atoms with Crippen molar-refractivity contribution in [1.29, 1.82) is 0 Å². The number of esters is 1. The smallest absolute Gasteiger partial charge is 0.338 e. The molecular weight excluding hydrogens is 284 g/mol. The van der Waals surface area contributed by atoms with E-state index >= 15 is 0 Å². The molecule has 124 valence electrons. The van der Waals surface area contributed by atoms with Gasteiger partial charge in [-0.2, -0.15) is 0 Å². The predicted octanol–water partition coefficient (Wildman–Crippen LogP) is 5.66. The maximum Gasteiger partial charge on any atom is 0.338 e. The summed E-state index contributed by atoms with van der Waals surface area (Å²) in [5.74, 6) is 0.838. The summed E-state index contributed by atoms with van der Waals surface area (Å²) in [6.45, 7) is 12.0. The van der Waals surface area contributed by atoms with E-state index < -0.39 is 5.60 Å². The van der Waals surface area contributed by atoms with Gasteiger partial charge in [0.25, 0.3) is 0 Å². The monoisotopic (exact) mass is 312 g/mol. The Hall–Kier alpha value is -1.83. The highest BCUT2D eigenvalue weighted by Crippen LogP contribution is 2.31. The Bertz CT molecular complexity index is 601. The Morgan fingerprint density at radius 2 is 2.09 bits per heavy atom. The molecule has 2 rings (SSSR count). The molecule has 0 amide bonds. The van der Waals surface area contributed by atoms with Crippen molar-refractivity contribution in [2.24, 2.45) is 5.92 Å². The van der Waals surface area contributed by atoms with Gasteiger partial charge in [0.15, 0.2) is 0 Å². The number of carbonyl (C=O) groups is 1. The molecule has 0 saturated heterocycles. The number of hydrogen-bond donors (Lipinski definition) is 0. The third-order valence-corrected chi connectivity index (χ3v) is 3.88. The van der Waals surface area contributed by atoms with Crippen LogP contribution in [0.15, 0.2) is 48.6 Å². The van der Waals surface area contributed by atoms with E-state index in [1.807, 2.05) is 39.0 Å². The van der Waals surface area contributed by atoms with Crippen molar-refractivity contribution in [1.82, 2.24) is 0 Å². The summed E-state index contributed by atoms with van der Waals surface area (Å²) in [5.41, 5.74) is 2.44. The molecule has 1 atom stereocenters. The Labute approximate surface area is 140 Å². The summed E-state index contributed by atoms with van der Waals surface area (Å²) in [6.07, 6.45) is 7.97. The van der Waals surface area contributed by atoms with E-state index in [1.165, 1.54) is 12.8 Å². The Morgan fingerprint density at radius 1 is 1.39 bits per heavy atom. The zero-order valence-electron chi connectivity index (χ0n) is 14.8. The summed E-state index contributed by atoms with van der Waals surface area (Å²) < 4.78 is 5.44. The third-order valence-electron chi connectivity index (χ3n) is 3.88. The molecule has 23 heavy (non-hydrogen) atoms. The number of benzene rings is 1. The fourth-order valence-electron chi connectivity index (χ4n) is 2.45. The van der Waals surface area contributed by atoms with Gasteiger partial charge in [-0.15, -0.1) is 0 Å². The fourth-order valence-corrected chi connectivity index (χ4v) is 2.45. The van der Waals surface area contributed by atoms with Crippen LogP contribution in [0, 0.1) is 5.92 Å². The summed E-state index contributed by atoms with van der Waals surface area (Å²) in [5, 5.41) is 0.